The summed E-state index contributed by atoms with van der Waals surface area (Å²) in [6.45, 7) is 2.00. The highest BCUT2D eigenvalue weighted by molar-refractivity contribution is 7.09. The summed E-state index contributed by atoms with van der Waals surface area (Å²) in [7, 11) is 0. The second-order valence-electron chi connectivity index (χ2n) is 4.20. The summed E-state index contributed by atoms with van der Waals surface area (Å²) in [5.74, 6) is 0.430. The molecule has 0 radical (unpaired) electrons. The molecule has 0 aromatic carbocycles. The maximum absolute atomic E-state index is 10.1. The van der Waals surface area contributed by atoms with E-state index in [0.29, 0.717) is 5.92 Å². The van der Waals surface area contributed by atoms with Gasteiger partial charge in [0.2, 0.25) is 0 Å². The lowest BCUT2D eigenvalue weighted by atomic mass is 9.88. The molecule has 0 saturated carbocycles. The first kappa shape index (κ1) is 10.8. The van der Waals surface area contributed by atoms with Crippen LogP contribution in [0.1, 0.15) is 30.0 Å². The number of thiazole rings is 1. The van der Waals surface area contributed by atoms with Crippen LogP contribution in [0.2, 0.25) is 0 Å². The molecule has 2 atom stereocenters. The fourth-order valence-corrected chi connectivity index (χ4v) is 2.83. The Balaban J connectivity index is 1.91. The van der Waals surface area contributed by atoms with E-state index in [0.717, 1.165) is 36.4 Å². The van der Waals surface area contributed by atoms with E-state index in [1.807, 2.05) is 12.3 Å². The minimum absolute atomic E-state index is 0.222. The van der Waals surface area contributed by atoms with E-state index in [4.69, 9.17) is 0 Å². The predicted molar refractivity (Wildman–Crippen MR) is 63.0 cm³/mol. The molecule has 1 aromatic heterocycles. The minimum atomic E-state index is -0.222. The van der Waals surface area contributed by atoms with E-state index in [-0.39, 0.29) is 6.10 Å². The second-order valence-corrected chi connectivity index (χ2v) is 5.14. The van der Waals surface area contributed by atoms with Crippen LogP contribution in [0.3, 0.4) is 0 Å². The summed E-state index contributed by atoms with van der Waals surface area (Å²) in [6.07, 6.45) is 8.13. The van der Waals surface area contributed by atoms with Crippen molar-refractivity contribution in [3.05, 3.63) is 28.2 Å². The molecule has 1 aliphatic carbocycles. The number of hydrogen-bond acceptors (Lipinski definition) is 3. The highest BCUT2D eigenvalue weighted by Crippen LogP contribution is 2.24. The van der Waals surface area contributed by atoms with Gasteiger partial charge in [0, 0.05) is 17.5 Å². The van der Waals surface area contributed by atoms with Gasteiger partial charge in [-0.15, -0.1) is 11.3 Å². The number of aliphatic hydroxyl groups is 1. The summed E-state index contributed by atoms with van der Waals surface area (Å²) >= 11 is 1.65. The van der Waals surface area contributed by atoms with Crippen LogP contribution in [0.4, 0.5) is 0 Å². The zero-order valence-corrected chi connectivity index (χ0v) is 9.83. The van der Waals surface area contributed by atoms with E-state index >= 15 is 0 Å². The first-order valence-corrected chi connectivity index (χ1v) is 6.38. The number of rotatable bonds is 3. The molecule has 0 saturated heterocycles. The first-order valence-electron chi connectivity index (χ1n) is 5.50. The van der Waals surface area contributed by atoms with Crippen LogP contribution in [0.15, 0.2) is 17.5 Å². The summed E-state index contributed by atoms with van der Waals surface area (Å²) in [4.78, 5) is 4.39. The van der Waals surface area contributed by atoms with Crippen LogP contribution in [-0.4, -0.2) is 16.2 Å². The van der Waals surface area contributed by atoms with Gasteiger partial charge in [-0.3, -0.25) is 0 Å². The van der Waals surface area contributed by atoms with Crippen molar-refractivity contribution in [3.63, 3.8) is 0 Å². The van der Waals surface area contributed by atoms with Gasteiger partial charge in [-0.05, 0) is 32.1 Å². The minimum Gasteiger partial charge on any atom is -0.392 e. The van der Waals surface area contributed by atoms with E-state index in [9.17, 15) is 5.11 Å². The molecule has 82 valence electrons. The average molecular weight is 223 g/mol. The summed E-state index contributed by atoms with van der Waals surface area (Å²) in [5, 5.41) is 13.2. The normalized spacial score (nSPS) is 22.9. The fourth-order valence-electron chi connectivity index (χ4n) is 2.01. The Labute approximate surface area is 94.7 Å². The van der Waals surface area contributed by atoms with Gasteiger partial charge in [0.1, 0.15) is 0 Å². The third-order valence-electron chi connectivity index (χ3n) is 2.90. The topological polar surface area (TPSA) is 33.1 Å². The smallest absolute Gasteiger partial charge is 0.0954 e. The SMILES string of the molecule is Cc1csc(CC(O)C2CC=CCC2)n1. The van der Waals surface area contributed by atoms with Crippen molar-refractivity contribution >= 4 is 11.3 Å². The first-order chi connectivity index (χ1) is 7.25. The number of allylic oxidation sites excluding steroid dienone is 2. The van der Waals surface area contributed by atoms with Crippen molar-refractivity contribution in [2.45, 2.75) is 38.7 Å². The van der Waals surface area contributed by atoms with Crippen LogP contribution >= 0.6 is 11.3 Å². The van der Waals surface area contributed by atoms with Gasteiger partial charge < -0.3 is 5.11 Å². The fraction of sp³-hybridized carbons (Fsp3) is 0.583. The molecular formula is C12H17NOS. The monoisotopic (exact) mass is 223 g/mol. The highest BCUT2D eigenvalue weighted by atomic mass is 32.1. The Morgan fingerprint density at radius 2 is 2.47 bits per heavy atom. The van der Waals surface area contributed by atoms with Gasteiger partial charge in [0.15, 0.2) is 0 Å². The zero-order valence-electron chi connectivity index (χ0n) is 9.02. The Bertz CT molecular complexity index is 345. The Morgan fingerprint density at radius 3 is 3.07 bits per heavy atom. The average Bonchev–Trinajstić information content (AvgIpc) is 2.65. The molecule has 1 aliphatic rings. The number of nitrogens with zero attached hydrogens (tertiary/aromatic N) is 1. The van der Waals surface area contributed by atoms with Crippen molar-refractivity contribution in [3.8, 4) is 0 Å². The molecule has 0 bridgehead atoms. The standard InChI is InChI=1S/C12H17NOS/c1-9-8-15-12(13-9)7-11(14)10-5-3-2-4-6-10/h2-3,8,10-11,14H,4-7H2,1H3. The van der Waals surface area contributed by atoms with Crippen molar-refractivity contribution in [2.75, 3.05) is 0 Å². The Hall–Kier alpha value is -0.670. The Kier molecular flexibility index (Phi) is 3.54. The molecule has 3 heteroatoms. The Morgan fingerprint density at radius 1 is 1.60 bits per heavy atom. The van der Waals surface area contributed by atoms with Gasteiger partial charge in [-0.1, -0.05) is 12.2 Å². The highest BCUT2D eigenvalue weighted by Gasteiger charge is 2.20. The number of aromatic nitrogens is 1. The lowest BCUT2D eigenvalue weighted by Gasteiger charge is -2.22. The number of aliphatic hydroxyl groups excluding tert-OH is 1. The van der Waals surface area contributed by atoms with Crippen molar-refractivity contribution in [1.82, 2.24) is 4.98 Å². The molecule has 2 rings (SSSR count). The molecule has 0 fully saturated rings. The lowest BCUT2D eigenvalue weighted by Crippen LogP contribution is -2.23. The molecule has 1 aromatic rings. The van der Waals surface area contributed by atoms with Gasteiger partial charge in [-0.25, -0.2) is 4.98 Å². The second kappa shape index (κ2) is 4.90. The largest absolute Gasteiger partial charge is 0.392 e. The van der Waals surface area contributed by atoms with E-state index < -0.39 is 0 Å². The van der Waals surface area contributed by atoms with Crippen molar-refractivity contribution in [1.29, 1.82) is 0 Å². The van der Waals surface area contributed by atoms with Gasteiger partial charge >= 0.3 is 0 Å². The van der Waals surface area contributed by atoms with Crippen LogP contribution < -0.4 is 0 Å². The molecule has 2 unspecified atom stereocenters. The van der Waals surface area contributed by atoms with Crippen molar-refractivity contribution in [2.24, 2.45) is 5.92 Å². The van der Waals surface area contributed by atoms with Crippen LogP contribution in [0, 0.1) is 12.8 Å². The number of hydrogen-bond donors (Lipinski definition) is 1. The summed E-state index contributed by atoms with van der Waals surface area (Å²) in [5.41, 5.74) is 1.06. The molecule has 0 spiro atoms. The summed E-state index contributed by atoms with van der Waals surface area (Å²) in [6, 6.07) is 0. The van der Waals surface area contributed by atoms with Crippen LogP contribution in [0.25, 0.3) is 0 Å². The summed E-state index contributed by atoms with van der Waals surface area (Å²) < 4.78 is 0. The van der Waals surface area contributed by atoms with E-state index in [1.165, 1.54) is 0 Å². The van der Waals surface area contributed by atoms with E-state index in [2.05, 4.69) is 17.1 Å². The lowest BCUT2D eigenvalue weighted by molar-refractivity contribution is 0.102. The molecule has 1 N–H and O–H groups in total. The van der Waals surface area contributed by atoms with Gasteiger partial charge in [0.25, 0.3) is 0 Å². The maximum Gasteiger partial charge on any atom is 0.0954 e. The third-order valence-corrected chi connectivity index (χ3v) is 3.89. The third kappa shape index (κ3) is 2.89. The van der Waals surface area contributed by atoms with Gasteiger partial charge in [0.05, 0.1) is 11.1 Å². The quantitative estimate of drug-likeness (QED) is 0.799. The molecule has 0 amide bonds. The predicted octanol–water partition coefficient (Wildman–Crippen LogP) is 2.71. The zero-order chi connectivity index (χ0) is 10.7. The number of aryl methyl sites for hydroxylation is 1. The van der Waals surface area contributed by atoms with E-state index in [1.54, 1.807) is 11.3 Å². The molecule has 2 nitrogen and oxygen atoms in total. The van der Waals surface area contributed by atoms with Crippen molar-refractivity contribution < 1.29 is 5.11 Å². The molecular weight excluding hydrogens is 206 g/mol. The van der Waals surface area contributed by atoms with Crippen LogP contribution in [0.5, 0.6) is 0 Å². The maximum atomic E-state index is 10.1. The van der Waals surface area contributed by atoms with Crippen LogP contribution in [-0.2, 0) is 6.42 Å². The van der Waals surface area contributed by atoms with Gasteiger partial charge in [-0.2, -0.15) is 0 Å². The molecule has 1 heterocycles. The molecule has 15 heavy (non-hydrogen) atoms. The molecule has 0 aliphatic heterocycles.